The van der Waals surface area contributed by atoms with Gasteiger partial charge in [-0.15, -0.1) is 12.8 Å². The smallest absolute Gasteiger partial charge is 0.444 e. The maximum absolute atomic E-state index is 13.5. The van der Waals surface area contributed by atoms with Gasteiger partial charge in [0.05, 0.1) is 22.0 Å². The van der Waals surface area contributed by atoms with Crippen LogP contribution in [0, 0.1) is 44.5 Å². The third kappa shape index (κ3) is 18.2. The highest BCUT2D eigenvalue weighted by atomic mass is 32.2. The summed E-state index contributed by atoms with van der Waals surface area (Å²) in [5, 5.41) is 0. The second-order valence-corrected chi connectivity index (χ2v) is 26.2. The van der Waals surface area contributed by atoms with Crippen LogP contribution in [-0.2, 0) is 56.1 Å². The van der Waals surface area contributed by atoms with Crippen molar-refractivity contribution < 1.29 is 56.0 Å². The fourth-order valence-corrected chi connectivity index (χ4v) is 14.1. The molecule has 7 atom stereocenters. The van der Waals surface area contributed by atoms with Crippen molar-refractivity contribution in [3.05, 3.63) is 171 Å². The predicted molar refractivity (Wildman–Crippen MR) is 345 cm³/mol. The van der Waals surface area contributed by atoms with Crippen molar-refractivity contribution in [1.29, 1.82) is 0 Å². The Morgan fingerprint density at radius 1 is 0.645 bits per heavy atom. The zero-order chi connectivity index (χ0) is 66.2. The Balaban J connectivity index is 0.000000231. The van der Waals surface area contributed by atoms with Gasteiger partial charge in [-0.25, -0.2) is 32.4 Å². The molecule has 496 valence electrons. The van der Waals surface area contributed by atoms with Crippen molar-refractivity contribution in [1.82, 2.24) is 33.8 Å². The molecule has 23 nitrogen and oxygen atoms in total. The Kier molecular flexibility index (Phi) is 24.0. The third-order valence-electron chi connectivity index (χ3n) is 17.7. The van der Waals surface area contributed by atoms with Crippen LogP contribution >= 0.6 is 0 Å². The number of nitrogens with one attached hydrogen (secondary N) is 2. The van der Waals surface area contributed by atoms with E-state index in [1.165, 1.54) is 65.3 Å². The molecule has 2 N–H and O–H groups in total. The summed E-state index contributed by atoms with van der Waals surface area (Å²) in [7, 11) is -3.73. The first kappa shape index (κ1) is 68.8. The van der Waals surface area contributed by atoms with Gasteiger partial charge in [0, 0.05) is 99.3 Å². The summed E-state index contributed by atoms with van der Waals surface area (Å²) < 4.78 is 68.6. The van der Waals surface area contributed by atoms with E-state index in [0.29, 0.717) is 81.0 Å². The number of carbonyl (C=O) groups is 3. The lowest BCUT2D eigenvalue weighted by molar-refractivity contribution is -0.0385. The fraction of sp³-hybridized carbons (Fsp3) is 0.493. The first-order chi connectivity index (χ1) is 44.8. The number of benzene rings is 3. The zero-order valence-corrected chi connectivity index (χ0v) is 54.0. The van der Waals surface area contributed by atoms with Crippen molar-refractivity contribution in [3.8, 4) is 24.7 Å². The summed E-state index contributed by atoms with van der Waals surface area (Å²) in [5.74, 6) is 5.91. The number of aromatic nitrogens is 4. The summed E-state index contributed by atoms with van der Waals surface area (Å²) in [5.41, 5.74) is 2.97. The number of aryl methyl sites for hydroxylation is 2. The molecule has 2 aromatic heterocycles. The van der Waals surface area contributed by atoms with Crippen molar-refractivity contribution in [2.24, 2.45) is 5.92 Å². The average molecular weight is 1300 g/mol. The van der Waals surface area contributed by atoms with Gasteiger partial charge in [0.15, 0.2) is 0 Å². The normalized spacial score (nSPS) is 21.6. The average Bonchev–Trinajstić information content (AvgIpc) is 1.65. The lowest BCUT2D eigenvalue weighted by Gasteiger charge is -2.38. The van der Waals surface area contributed by atoms with Gasteiger partial charge in [-0.1, -0.05) is 87.4 Å². The molecule has 6 heterocycles. The number of fused-ring (bicyclic) bond motifs is 1. The van der Waals surface area contributed by atoms with Crippen LogP contribution in [0.15, 0.2) is 114 Å². The Bertz CT molecular complexity index is 3900. The second-order valence-electron chi connectivity index (χ2n) is 24.2. The summed E-state index contributed by atoms with van der Waals surface area (Å²) in [4.78, 5) is 98.2. The van der Waals surface area contributed by atoms with Gasteiger partial charge in [0.2, 0.25) is 9.84 Å². The highest BCUT2D eigenvalue weighted by Gasteiger charge is 2.41. The minimum atomic E-state index is -3.73. The number of rotatable bonds is 22. The van der Waals surface area contributed by atoms with Crippen LogP contribution in [0.5, 0.6) is 0 Å². The highest BCUT2D eigenvalue weighted by Crippen LogP contribution is 2.35. The molecule has 1 aliphatic carbocycles. The van der Waals surface area contributed by atoms with E-state index in [1.54, 1.807) is 43.0 Å². The number of H-pyrrole nitrogens is 2. The van der Waals surface area contributed by atoms with Crippen LogP contribution in [0.4, 0.5) is 14.4 Å². The molecule has 3 saturated heterocycles. The van der Waals surface area contributed by atoms with Crippen LogP contribution in [0.25, 0.3) is 6.08 Å². The number of aromatic amines is 2. The number of piperidine rings is 1. The fourth-order valence-electron chi connectivity index (χ4n) is 12.6. The SMILES string of the molecule is C#Cc1ccc(CN(CCOC(=O)OC2C[C@H](n3cc(C)c(=O)[nH]c3=O)O[C@@H]2CC)CC2CCCCC2)cc1.C#Cc1ccc(CN(CCOC(=O)OC2C[C@H](n3cc(C)c(=O)[nH]c3=O)O[C@@H]2CC)CC2CCCCN2C(=O)OCC2=Cc3ccccc3S2(=O)=O)cc1. The Labute approximate surface area is 541 Å². The van der Waals surface area contributed by atoms with E-state index < -0.39 is 81.5 Å². The molecule has 1 amide bonds. The van der Waals surface area contributed by atoms with E-state index in [1.807, 2.05) is 50.2 Å². The summed E-state index contributed by atoms with van der Waals surface area (Å²) >= 11 is 0. The zero-order valence-electron chi connectivity index (χ0n) is 53.2. The molecule has 4 aliphatic heterocycles. The molecule has 1 saturated carbocycles. The van der Waals surface area contributed by atoms with E-state index in [2.05, 4.69) is 43.7 Å². The van der Waals surface area contributed by atoms with Gasteiger partial charge < -0.3 is 38.1 Å². The summed E-state index contributed by atoms with van der Waals surface area (Å²) in [6, 6.07) is 22.0. The van der Waals surface area contributed by atoms with E-state index in [9.17, 15) is 42.0 Å². The quantitative estimate of drug-likeness (QED) is 0.0373. The number of nitrogens with zero attached hydrogens (tertiary/aromatic N) is 5. The molecule has 0 radical (unpaired) electrons. The molecule has 5 aromatic rings. The number of sulfone groups is 1. The number of likely N-dealkylation sites (tertiary alicyclic amines) is 1. The topological polar surface area (TPSA) is 269 Å². The van der Waals surface area contributed by atoms with Gasteiger partial charge in [-0.3, -0.25) is 38.5 Å². The Morgan fingerprint density at radius 2 is 1.14 bits per heavy atom. The van der Waals surface area contributed by atoms with Gasteiger partial charge in [-0.2, -0.15) is 0 Å². The predicted octanol–water partition coefficient (Wildman–Crippen LogP) is 8.50. The molecule has 0 spiro atoms. The summed E-state index contributed by atoms with van der Waals surface area (Å²) in [6.07, 6.45) is 20.1. The molecule has 3 aromatic carbocycles. The van der Waals surface area contributed by atoms with Crippen LogP contribution in [0.3, 0.4) is 0 Å². The number of ether oxygens (including phenoxy) is 7. The number of hydrogen-bond donors (Lipinski definition) is 2. The molecular weight excluding hydrogens is 1210 g/mol. The minimum Gasteiger partial charge on any atom is -0.444 e. The first-order valence-electron chi connectivity index (χ1n) is 32.0. The number of terminal acetylenes is 2. The van der Waals surface area contributed by atoms with Crippen molar-refractivity contribution in [3.63, 3.8) is 0 Å². The number of carbonyl (C=O) groups excluding carboxylic acids is 3. The lowest BCUT2D eigenvalue weighted by Crippen LogP contribution is -2.50. The van der Waals surface area contributed by atoms with Gasteiger partial charge in [0.1, 0.15) is 44.5 Å². The van der Waals surface area contributed by atoms with Crippen molar-refractivity contribution in [2.45, 2.75) is 166 Å². The monoisotopic (exact) mass is 1300 g/mol. The van der Waals surface area contributed by atoms with E-state index in [4.69, 9.17) is 46.0 Å². The molecule has 3 unspecified atom stereocenters. The molecule has 4 fully saturated rings. The van der Waals surface area contributed by atoms with E-state index >= 15 is 0 Å². The first-order valence-corrected chi connectivity index (χ1v) is 33.5. The van der Waals surface area contributed by atoms with Gasteiger partial charge in [0.25, 0.3) is 11.1 Å². The maximum atomic E-state index is 13.5. The molecule has 5 aliphatic rings. The Hall–Kier alpha value is -8.52. The third-order valence-corrected chi connectivity index (χ3v) is 19.5. The van der Waals surface area contributed by atoms with E-state index in [-0.39, 0.29) is 48.2 Å². The largest absolute Gasteiger partial charge is 0.508 e. The molecular formula is C69H83N7O16S. The lowest BCUT2D eigenvalue weighted by atomic mass is 9.89. The van der Waals surface area contributed by atoms with Crippen LogP contribution in [0.2, 0.25) is 0 Å². The standard InChI is InChI=1S/C39H44N4O10S.C30H39N3O6/c1-4-27-13-15-28(16-14-27)23-41(18-19-50-39(47)53-33-21-35(52-32(33)5-2)43-22-26(3)36(44)40-37(43)45)24-30-11-8-9-17-42(30)38(46)51-25-31-20-29-10-6-7-12-34(29)54(31,48)49;1-4-22-11-13-24(14-12-22)20-32(19-23-9-7-6-8-10-23)15-16-37-30(36)39-26-17-27(38-25(26)5-2)33-18-21(3)28(34)31-29(33)35/h1,6-7,10,12-16,20,22,30,32-33,35H,5,8-9,11,17-19,21,23-25H2,2-3H3,(H,40,44,45);1,11-14,18,23,25-27H,5-10,15-17,19-20H2,2-3H3,(H,31,34,35)/t30?,32-,33?,35-;25-,26?,27-/m11/s1. The van der Waals surface area contributed by atoms with Crippen molar-refractivity contribution in [2.75, 3.05) is 52.5 Å². The van der Waals surface area contributed by atoms with E-state index in [0.717, 1.165) is 42.6 Å². The number of hydrogen-bond acceptors (Lipinski definition) is 18. The molecule has 0 bridgehead atoms. The Morgan fingerprint density at radius 3 is 1.63 bits per heavy atom. The van der Waals surface area contributed by atoms with Crippen LogP contribution in [0.1, 0.15) is 142 Å². The minimum absolute atomic E-state index is 0.0165. The number of amides is 1. The molecule has 10 rings (SSSR count). The second kappa shape index (κ2) is 32.4. The molecule has 93 heavy (non-hydrogen) atoms. The highest BCUT2D eigenvalue weighted by molar-refractivity contribution is 7.95. The van der Waals surface area contributed by atoms with Gasteiger partial charge >= 0.3 is 29.8 Å². The maximum Gasteiger partial charge on any atom is 0.508 e. The summed E-state index contributed by atoms with van der Waals surface area (Å²) in [6.45, 7) is 10.8. The van der Waals surface area contributed by atoms with Crippen molar-refractivity contribution >= 4 is 34.3 Å². The van der Waals surface area contributed by atoms with Crippen LogP contribution in [-0.4, -0.2) is 144 Å². The molecule has 24 heteroatoms. The van der Waals surface area contributed by atoms with Gasteiger partial charge in [-0.05, 0) is 118 Å². The van der Waals surface area contributed by atoms with Crippen LogP contribution < -0.4 is 22.5 Å².